The molecule has 6 nitrogen and oxygen atoms in total. The summed E-state index contributed by atoms with van der Waals surface area (Å²) in [6.45, 7) is 8.49. The smallest absolute Gasteiger partial charge is 0.305 e. The number of aliphatic hydroxyl groups excluding tert-OH is 2. The standard InChI is InChI=1S/C26H34FNO5/c1-15(2)25-21(11-10-19(29)12-20(30)13-23(31)32)24(17-6-8-18(27)9-7-17)22(14-33-5)26(28-25)16(3)4/h6-11,15-16,19-20,29-30H,12-14H2,1-5H3,(H,31,32)/b11-10+/t19-,20-/m1/s1/i11+2. The van der Waals surface area contributed by atoms with Crippen LogP contribution in [0, 0.1) is 5.82 Å². The third kappa shape index (κ3) is 7.19. The van der Waals surface area contributed by atoms with Crippen molar-refractivity contribution >= 4 is 12.0 Å². The molecule has 0 aliphatic rings. The molecule has 2 rings (SSSR count). The fraction of sp³-hybridized carbons (Fsp3) is 0.462. The first-order chi connectivity index (χ1) is 15.5. The third-order valence-electron chi connectivity index (χ3n) is 5.32. The number of carboxylic acid groups (broad SMARTS) is 1. The summed E-state index contributed by atoms with van der Waals surface area (Å²) in [6.07, 6.45) is 0.541. The lowest BCUT2D eigenvalue weighted by Gasteiger charge is -2.23. The Hall–Kier alpha value is -2.61. The SMILES string of the molecule is COCc1c(C(C)C)nc(C(C)C)c(/[14CH]=C/[C@@H](O)C[C@@H](O)CC(=O)O)c1-c1ccc(F)cc1. The van der Waals surface area contributed by atoms with E-state index in [-0.39, 0.29) is 24.1 Å². The predicted octanol–water partition coefficient (Wildman–Crippen LogP) is 4.88. The number of carbonyl (C=O) groups is 1. The summed E-state index contributed by atoms with van der Waals surface area (Å²) in [5.74, 6) is -1.28. The molecule has 2 aromatic rings. The summed E-state index contributed by atoms with van der Waals surface area (Å²) >= 11 is 0. The Morgan fingerprint density at radius 3 is 2.24 bits per heavy atom. The van der Waals surface area contributed by atoms with Crippen molar-refractivity contribution in [3.63, 3.8) is 0 Å². The molecule has 0 unspecified atom stereocenters. The summed E-state index contributed by atoms with van der Waals surface area (Å²) in [5.41, 5.74) is 5.05. The number of hydrogen-bond acceptors (Lipinski definition) is 5. The van der Waals surface area contributed by atoms with Gasteiger partial charge in [-0.25, -0.2) is 4.39 Å². The molecule has 0 spiro atoms. The largest absolute Gasteiger partial charge is 0.481 e. The molecule has 0 amide bonds. The van der Waals surface area contributed by atoms with Gasteiger partial charge in [0.15, 0.2) is 0 Å². The van der Waals surface area contributed by atoms with Crippen molar-refractivity contribution in [2.45, 2.75) is 71.2 Å². The van der Waals surface area contributed by atoms with Crippen LogP contribution in [0.15, 0.2) is 30.3 Å². The fourth-order valence-corrected chi connectivity index (χ4v) is 3.85. The van der Waals surface area contributed by atoms with Crippen molar-refractivity contribution < 1.29 is 29.2 Å². The van der Waals surface area contributed by atoms with Crippen LogP contribution in [-0.4, -0.2) is 45.6 Å². The molecular formula is C26H34FNO5. The third-order valence-corrected chi connectivity index (χ3v) is 5.32. The number of aliphatic carboxylic acids is 1. The highest BCUT2D eigenvalue weighted by Crippen LogP contribution is 2.37. The summed E-state index contributed by atoms with van der Waals surface area (Å²) in [6, 6.07) is 6.23. The van der Waals surface area contributed by atoms with E-state index >= 15 is 0 Å². The van der Waals surface area contributed by atoms with E-state index in [1.54, 1.807) is 25.3 Å². The number of carboxylic acids is 1. The molecule has 0 radical (unpaired) electrons. The van der Waals surface area contributed by atoms with Crippen LogP contribution in [-0.2, 0) is 16.1 Å². The lowest BCUT2D eigenvalue weighted by atomic mass is 9.90. The van der Waals surface area contributed by atoms with Gasteiger partial charge in [-0.05, 0) is 35.1 Å². The Morgan fingerprint density at radius 2 is 1.73 bits per heavy atom. The molecule has 33 heavy (non-hydrogen) atoms. The van der Waals surface area contributed by atoms with Crippen LogP contribution in [0.25, 0.3) is 17.2 Å². The summed E-state index contributed by atoms with van der Waals surface area (Å²) in [4.78, 5) is 15.8. The van der Waals surface area contributed by atoms with Crippen LogP contribution < -0.4 is 0 Å². The van der Waals surface area contributed by atoms with Crippen molar-refractivity contribution in [2.75, 3.05) is 7.11 Å². The second kappa shape index (κ2) is 12.0. The molecule has 0 bridgehead atoms. The number of methoxy groups -OCH3 is 1. The first kappa shape index (κ1) is 26.6. The van der Waals surface area contributed by atoms with E-state index in [0.29, 0.717) is 6.61 Å². The maximum atomic E-state index is 13.7. The summed E-state index contributed by atoms with van der Waals surface area (Å²) < 4.78 is 19.2. The Morgan fingerprint density at radius 1 is 1.12 bits per heavy atom. The van der Waals surface area contributed by atoms with Gasteiger partial charge < -0.3 is 20.1 Å². The van der Waals surface area contributed by atoms with Gasteiger partial charge >= 0.3 is 5.97 Å². The number of ether oxygens (including phenoxy) is 1. The number of rotatable bonds is 11. The minimum Gasteiger partial charge on any atom is -0.481 e. The number of pyridine rings is 1. The van der Waals surface area contributed by atoms with E-state index < -0.39 is 24.6 Å². The van der Waals surface area contributed by atoms with Crippen molar-refractivity contribution in [3.8, 4) is 11.1 Å². The molecule has 0 aliphatic carbocycles. The number of halogens is 1. The molecule has 0 fully saturated rings. The minimum atomic E-state index is -1.16. The number of aromatic nitrogens is 1. The predicted molar refractivity (Wildman–Crippen MR) is 126 cm³/mol. The van der Waals surface area contributed by atoms with Crippen LogP contribution >= 0.6 is 0 Å². The zero-order valence-corrected chi connectivity index (χ0v) is 19.9. The molecular weight excluding hydrogens is 427 g/mol. The number of aliphatic hydroxyl groups is 2. The molecule has 3 N–H and O–H groups in total. The van der Waals surface area contributed by atoms with Gasteiger partial charge in [-0.1, -0.05) is 52.0 Å². The van der Waals surface area contributed by atoms with Crippen molar-refractivity contribution in [3.05, 3.63) is 58.7 Å². The van der Waals surface area contributed by atoms with E-state index in [0.717, 1.165) is 33.6 Å². The maximum absolute atomic E-state index is 13.7. The van der Waals surface area contributed by atoms with Crippen molar-refractivity contribution in [1.29, 1.82) is 0 Å². The summed E-state index contributed by atoms with van der Waals surface area (Å²) in [5, 5.41) is 29.1. The normalized spacial score (nSPS) is 13.8. The van der Waals surface area contributed by atoms with Crippen LogP contribution in [0.1, 0.15) is 74.9 Å². The highest BCUT2D eigenvalue weighted by atomic mass is 19.1. The molecule has 0 saturated heterocycles. The van der Waals surface area contributed by atoms with Gasteiger partial charge in [-0.3, -0.25) is 9.78 Å². The fourth-order valence-electron chi connectivity index (χ4n) is 3.85. The molecule has 180 valence electrons. The number of hydrogen-bond donors (Lipinski definition) is 3. The van der Waals surface area contributed by atoms with Gasteiger partial charge in [0.1, 0.15) is 5.82 Å². The Balaban J connectivity index is 2.69. The zero-order chi connectivity index (χ0) is 24.7. The highest BCUT2D eigenvalue weighted by molar-refractivity contribution is 5.80. The average molecular weight is 462 g/mol. The molecule has 1 aromatic carbocycles. The van der Waals surface area contributed by atoms with E-state index in [4.69, 9.17) is 14.8 Å². The number of benzene rings is 1. The Bertz CT molecular complexity index is 970. The molecule has 2 atom stereocenters. The highest BCUT2D eigenvalue weighted by Gasteiger charge is 2.23. The van der Waals surface area contributed by atoms with Crippen LogP contribution in [0.5, 0.6) is 0 Å². The van der Waals surface area contributed by atoms with Gasteiger partial charge in [-0.2, -0.15) is 0 Å². The maximum Gasteiger partial charge on any atom is 0.305 e. The molecule has 0 saturated carbocycles. The van der Waals surface area contributed by atoms with Crippen LogP contribution in [0.4, 0.5) is 4.39 Å². The summed E-state index contributed by atoms with van der Waals surface area (Å²) in [7, 11) is 1.61. The second-order valence-electron chi connectivity index (χ2n) is 8.81. The van der Waals surface area contributed by atoms with Gasteiger partial charge in [0.05, 0.1) is 30.9 Å². The molecule has 1 aromatic heterocycles. The lowest BCUT2D eigenvalue weighted by molar-refractivity contribution is -0.139. The quantitative estimate of drug-likeness (QED) is 0.441. The monoisotopic (exact) mass is 461 g/mol. The van der Waals surface area contributed by atoms with E-state index in [1.165, 1.54) is 18.2 Å². The Labute approximate surface area is 194 Å². The first-order valence-electron chi connectivity index (χ1n) is 11.1. The van der Waals surface area contributed by atoms with Gasteiger partial charge in [0, 0.05) is 30.4 Å². The first-order valence-corrected chi connectivity index (χ1v) is 11.1. The molecule has 1 heterocycles. The van der Waals surface area contributed by atoms with Crippen molar-refractivity contribution in [1.82, 2.24) is 4.98 Å². The van der Waals surface area contributed by atoms with Crippen LogP contribution in [0.2, 0.25) is 0 Å². The van der Waals surface area contributed by atoms with Crippen molar-refractivity contribution in [2.24, 2.45) is 0 Å². The number of nitrogens with zero attached hydrogens (tertiary/aromatic N) is 1. The average Bonchev–Trinajstić information content (AvgIpc) is 2.72. The van der Waals surface area contributed by atoms with Gasteiger partial charge in [0.25, 0.3) is 0 Å². The topological polar surface area (TPSA) is 99.9 Å². The van der Waals surface area contributed by atoms with E-state index in [9.17, 15) is 19.4 Å². The molecule has 7 heteroatoms. The van der Waals surface area contributed by atoms with E-state index in [2.05, 4.69) is 13.8 Å². The van der Waals surface area contributed by atoms with Crippen LogP contribution in [0.3, 0.4) is 0 Å². The minimum absolute atomic E-state index is 0.0627. The zero-order valence-electron chi connectivity index (χ0n) is 19.9. The Kier molecular flexibility index (Phi) is 9.70. The van der Waals surface area contributed by atoms with Gasteiger partial charge in [0.2, 0.25) is 0 Å². The second-order valence-corrected chi connectivity index (χ2v) is 8.81. The lowest BCUT2D eigenvalue weighted by Crippen LogP contribution is -2.19. The molecule has 0 aliphatic heterocycles. The van der Waals surface area contributed by atoms with Gasteiger partial charge in [-0.15, -0.1) is 0 Å². The van der Waals surface area contributed by atoms with E-state index in [1.807, 2.05) is 13.8 Å².